The van der Waals surface area contributed by atoms with Gasteiger partial charge in [-0.05, 0) is 18.2 Å². The van der Waals surface area contributed by atoms with Crippen LogP contribution < -0.4 is 10.2 Å². The van der Waals surface area contributed by atoms with E-state index in [-0.39, 0.29) is 5.69 Å². The molecule has 1 aromatic carbocycles. The molecule has 2 heterocycles. The highest BCUT2D eigenvalue weighted by atomic mass is 19.4. The van der Waals surface area contributed by atoms with Crippen LogP contribution in [-0.2, 0) is 10.9 Å². The van der Waals surface area contributed by atoms with Crippen molar-refractivity contribution in [1.29, 1.82) is 0 Å². The van der Waals surface area contributed by atoms with Crippen molar-refractivity contribution in [2.75, 3.05) is 36.5 Å². The molecule has 0 amide bonds. The van der Waals surface area contributed by atoms with Gasteiger partial charge in [-0.2, -0.15) is 18.2 Å². The van der Waals surface area contributed by atoms with E-state index in [1.807, 2.05) is 4.90 Å². The monoisotopic (exact) mass is 324 g/mol. The van der Waals surface area contributed by atoms with Crippen molar-refractivity contribution in [3.8, 4) is 0 Å². The number of rotatable bonds is 3. The van der Waals surface area contributed by atoms with E-state index in [0.717, 1.165) is 6.07 Å². The fourth-order valence-corrected chi connectivity index (χ4v) is 2.31. The molecule has 0 unspecified atom stereocenters. The van der Waals surface area contributed by atoms with Gasteiger partial charge in [-0.3, -0.25) is 0 Å². The molecular weight excluding hydrogens is 309 g/mol. The molecule has 0 aliphatic carbocycles. The predicted molar refractivity (Wildman–Crippen MR) is 79.8 cm³/mol. The Morgan fingerprint density at radius 3 is 2.57 bits per heavy atom. The number of nitrogens with one attached hydrogen (secondary N) is 1. The zero-order valence-electron chi connectivity index (χ0n) is 12.2. The summed E-state index contributed by atoms with van der Waals surface area (Å²) in [7, 11) is 0. The summed E-state index contributed by atoms with van der Waals surface area (Å²) in [5.41, 5.74) is -0.766. The second-order valence-corrected chi connectivity index (χ2v) is 5.01. The van der Waals surface area contributed by atoms with Gasteiger partial charge in [-0.1, -0.05) is 12.1 Å². The Bertz CT molecular complexity index is 672. The van der Waals surface area contributed by atoms with Crippen LogP contribution in [0, 0.1) is 0 Å². The Morgan fingerprint density at radius 2 is 1.83 bits per heavy atom. The number of para-hydroxylation sites is 1. The molecular formula is C15H15F3N4O. The Balaban J connectivity index is 1.84. The SMILES string of the molecule is FC(F)(F)c1ccccc1Nc1ccnc(N2CCOCC2)n1. The minimum atomic E-state index is -4.43. The van der Waals surface area contributed by atoms with Gasteiger partial charge in [0.15, 0.2) is 0 Å². The van der Waals surface area contributed by atoms with Crippen LogP contribution in [0.1, 0.15) is 5.56 Å². The number of ether oxygens (including phenoxy) is 1. The molecule has 122 valence electrons. The average molecular weight is 324 g/mol. The molecule has 0 radical (unpaired) electrons. The lowest BCUT2D eigenvalue weighted by atomic mass is 10.1. The number of halogens is 3. The molecule has 0 atom stereocenters. The van der Waals surface area contributed by atoms with E-state index in [9.17, 15) is 13.2 Å². The van der Waals surface area contributed by atoms with Gasteiger partial charge in [0.05, 0.1) is 24.5 Å². The number of hydrogen-bond donors (Lipinski definition) is 1. The van der Waals surface area contributed by atoms with Crippen molar-refractivity contribution < 1.29 is 17.9 Å². The van der Waals surface area contributed by atoms with Crippen LogP contribution in [0.4, 0.5) is 30.6 Å². The van der Waals surface area contributed by atoms with Crippen molar-refractivity contribution in [2.45, 2.75) is 6.18 Å². The first-order valence-electron chi connectivity index (χ1n) is 7.13. The fraction of sp³-hybridized carbons (Fsp3) is 0.333. The van der Waals surface area contributed by atoms with Gasteiger partial charge in [0.2, 0.25) is 5.95 Å². The average Bonchev–Trinajstić information content (AvgIpc) is 2.55. The van der Waals surface area contributed by atoms with Gasteiger partial charge in [-0.25, -0.2) is 4.98 Å². The van der Waals surface area contributed by atoms with Gasteiger partial charge in [0.25, 0.3) is 0 Å². The van der Waals surface area contributed by atoms with Gasteiger partial charge in [0.1, 0.15) is 5.82 Å². The number of morpholine rings is 1. The summed E-state index contributed by atoms with van der Waals surface area (Å²) in [6.07, 6.45) is -2.90. The molecule has 1 aliphatic heterocycles. The van der Waals surface area contributed by atoms with E-state index in [2.05, 4.69) is 15.3 Å². The van der Waals surface area contributed by atoms with E-state index >= 15 is 0 Å². The number of alkyl halides is 3. The fourth-order valence-electron chi connectivity index (χ4n) is 2.31. The molecule has 1 N–H and O–H groups in total. The molecule has 0 spiro atoms. The molecule has 1 saturated heterocycles. The van der Waals surface area contributed by atoms with Crippen LogP contribution in [0.25, 0.3) is 0 Å². The van der Waals surface area contributed by atoms with Crippen molar-refractivity contribution >= 4 is 17.5 Å². The molecule has 1 fully saturated rings. The second-order valence-electron chi connectivity index (χ2n) is 5.01. The molecule has 5 nitrogen and oxygen atoms in total. The third kappa shape index (κ3) is 3.70. The molecule has 0 bridgehead atoms. The number of aromatic nitrogens is 2. The zero-order valence-corrected chi connectivity index (χ0v) is 12.2. The quantitative estimate of drug-likeness (QED) is 0.940. The van der Waals surface area contributed by atoms with Gasteiger partial charge >= 0.3 is 6.18 Å². The maximum absolute atomic E-state index is 13.0. The normalized spacial score (nSPS) is 15.5. The summed E-state index contributed by atoms with van der Waals surface area (Å²) in [5.74, 6) is 0.793. The van der Waals surface area contributed by atoms with Crippen LogP contribution in [0.15, 0.2) is 36.5 Å². The Labute approximate surface area is 131 Å². The minimum Gasteiger partial charge on any atom is -0.378 e. The van der Waals surface area contributed by atoms with Crippen LogP contribution in [0.2, 0.25) is 0 Å². The summed E-state index contributed by atoms with van der Waals surface area (Å²) in [6, 6.07) is 6.84. The first-order chi connectivity index (χ1) is 11.0. The molecule has 1 aromatic heterocycles. The Hall–Kier alpha value is -2.35. The third-order valence-corrected chi connectivity index (χ3v) is 3.43. The second kappa shape index (κ2) is 6.41. The number of hydrogen-bond acceptors (Lipinski definition) is 5. The van der Waals surface area contributed by atoms with E-state index in [1.165, 1.54) is 24.4 Å². The van der Waals surface area contributed by atoms with Crippen molar-refractivity contribution in [3.05, 3.63) is 42.1 Å². The minimum absolute atomic E-state index is 0.0355. The third-order valence-electron chi connectivity index (χ3n) is 3.43. The van der Waals surface area contributed by atoms with Crippen molar-refractivity contribution in [3.63, 3.8) is 0 Å². The Morgan fingerprint density at radius 1 is 1.09 bits per heavy atom. The highest BCUT2D eigenvalue weighted by Crippen LogP contribution is 2.35. The van der Waals surface area contributed by atoms with Crippen molar-refractivity contribution in [2.24, 2.45) is 0 Å². The van der Waals surface area contributed by atoms with E-state index in [1.54, 1.807) is 6.07 Å². The molecule has 8 heteroatoms. The van der Waals surface area contributed by atoms with E-state index in [0.29, 0.717) is 38.1 Å². The number of nitrogens with zero attached hydrogens (tertiary/aromatic N) is 3. The van der Waals surface area contributed by atoms with Gasteiger partial charge in [-0.15, -0.1) is 0 Å². The lowest BCUT2D eigenvalue weighted by Crippen LogP contribution is -2.37. The predicted octanol–water partition coefficient (Wildman–Crippen LogP) is 3.08. The van der Waals surface area contributed by atoms with E-state index in [4.69, 9.17) is 4.74 Å². The lowest BCUT2D eigenvalue weighted by molar-refractivity contribution is -0.136. The summed E-state index contributed by atoms with van der Waals surface area (Å²) in [6.45, 7) is 2.47. The van der Waals surface area contributed by atoms with Crippen LogP contribution >= 0.6 is 0 Å². The standard InChI is InChI=1S/C15H15F3N4O/c16-15(17,18)11-3-1-2-4-12(11)20-13-5-6-19-14(21-13)22-7-9-23-10-8-22/h1-6H,7-10H2,(H,19,20,21). The highest BCUT2D eigenvalue weighted by Gasteiger charge is 2.33. The largest absolute Gasteiger partial charge is 0.418 e. The lowest BCUT2D eigenvalue weighted by Gasteiger charge is -2.26. The summed E-state index contributed by atoms with van der Waals surface area (Å²) in [5, 5.41) is 2.73. The summed E-state index contributed by atoms with van der Waals surface area (Å²) >= 11 is 0. The van der Waals surface area contributed by atoms with Gasteiger partial charge in [0, 0.05) is 19.3 Å². The topological polar surface area (TPSA) is 50.3 Å². The van der Waals surface area contributed by atoms with E-state index < -0.39 is 11.7 Å². The summed E-state index contributed by atoms with van der Waals surface area (Å²) < 4.78 is 44.3. The molecule has 3 rings (SSSR count). The maximum atomic E-state index is 13.0. The van der Waals surface area contributed by atoms with Crippen LogP contribution in [-0.4, -0.2) is 36.3 Å². The van der Waals surface area contributed by atoms with Crippen LogP contribution in [0.3, 0.4) is 0 Å². The first kappa shape index (κ1) is 15.5. The molecule has 23 heavy (non-hydrogen) atoms. The molecule has 2 aromatic rings. The number of benzene rings is 1. The maximum Gasteiger partial charge on any atom is 0.418 e. The van der Waals surface area contributed by atoms with Gasteiger partial charge < -0.3 is 15.0 Å². The first-order valence-corrected chi connectivity index (χ1v) is 7.13. The zero-order chi connectivity index (χ0) is 16.3. The highest BCUT2D eigenvalue weighted by molar-refractivity contribution is 5.62. The van der Waals surface area contributed by atoms with Crippen LogP contribution in [0.5, 0.6) is 0 Å². The molecule has 1 aliphatic rings. The van der Waals surface area contributed by atoms with Crippen molar-refractivity contribution in [1.82, 2.24) is 9.97 Å². The Kier molecular flexibility index (Phi) is 4.33. The molecule has 0 saturated carbocycles. The number of anilines is 3. The summed E-state index contributed by atoms with van der Waals surface area (Å²) in [4.78, 5) is 10.4. The smallest absolute Gasteiger partial charge is 0.378 e.